The van der Waals surface area contributed by atoms with Crippen LogP contribution in [0.4, 0.5) is 0 Å². The van der Waals surface area contributed by atoms with Crippen molar-refractivity contribution >= 4 is 17.5 Å². The molecule has 166 valence electrons. The van der Waals surface area contributed by atoms with Gasteiger partial charge in [-0.3, -0.25) is 24.3 Å². The number of amides is 1. The number of hydrogen-bond acceptors (Lipinski definition) is 8. The van der Waals surface area contributed by atoms with Crippen LogP contribution in [0.2, 0.25) is 0 Å². The molecule has 0 aliphatic carbocycles. The van der Waals surface area contributed by atoms with Gasteiger partial charge in [-0.2, -0.15) is 0 Å². The molecule has 4 heterocycles. The van der Waals surface area contributed by atoms with Gasteiger partial charge in [0, 0.05) is 44.1 Å². The maximum Gasteiger partial charge on any atom is 0.291 e. The van der Waals surface area contributed by atoms with Gasteiger partial charge in [0.15, 0.2) is 17.3 Å². The number of morpholine rings is 1. The monoisotopic (exact) mass is 437 g/mol. The fraction of sp³-hybridized carbons (Fsp3) is 0.391. The quantitative estimate of drug-likeness (QED) is 0.376. The van der Waals surface area contributed by atoms with Crippen molar-refractivity contribution in [3.05, 3.63) is 53.9 Å². The van der Waals surface area contributed by atoms with Gasteiger partial charge in [-0.1, -0.05) is 6.07 Å². The number of nitrogens with zero attached hydrogens (tertiary/aromatic N) is 3. The minimum absolute atomic E-state index is 0.0848. The van der Waals surface area contributed by atoms with Crippen LogP contribution in [0.15, 0.2) is 42.7 Å². The Hall–Kier alpha value is -3.30. The van der Waals surface area contributed by atoms with E-state index < -0.39 is 29.4 Å². The number of aromatic nitrogens is 1. The normalized spacial score (nSPS) is 23.1. The van der Waals surface area contributed by atoms with Gasteiger partial charge in [0.2, 0.25) is 12.6 Å². The molecule has 0 bridgehead atoms. The van der Waals surface area contributed by atoms with Crippen LogP contribution in [0.25, 0.3) is 0 Å². The zero-order chi connectivity index (χ0) is 22.1. The topological polar surface area (TPSA) is 98.3 Å². The number of likely N-dealkylation sites (tertiary alicyclic amines) is 1. The van der Waals surface area contributed by atoms with Crippen LogP contribution in [0, 0.1) is 5.92 Å². The summed E-state index contributed by atoms with van der Waals surface area (Å²) in [6, 6.07) is 7.65. The van der Waals surface area contributed by atoms with Crippen molar-refractivity contribution in [1.29, 1.82) is 0 Å². The molecule has 32 heavy (non-hydrogen) atoms. The molecule has 0 N–H and O–H groups in total. The molecule has 0 saturated carbocycles. The van der Waals surface area contributed by atoms with Crippen LogP contribution in [-0.2, 0) is 14.3 Å². The smallest absolute Gasteiger partial charge is 0.291 e. The summed E-state index contributed by atoms with van der Waals surface area (Å²) in [5, 5.41) is 0. The first-order valence-electron chi connectivity index (χ1n) is 10.6. The van der Waals surface area contributed by atoms with Crippen LogP contribution in [0.3, 0.4) is 0 Å². The van der Waals surface area contributed by atoms with Crippen molar-refractivity contribution in [2.24, 2.45) is 5.92 Å². The maximum absolute atomic E-state index is 13.5. The van der Waals surface area contributed by atoms with Crippen LogP contribution in [0.5, 0.6) is 11.5 Å². The molecule has 0 radical (unpaired) electrons. The molecule has 2 aromatic rings. The summed E-state index contributed by atoms with van der Waals surface area (Å²) in [7, 11) is 0. The van der Waals surface area contributed by atoms with Crippen molar-refractivity contribution < 1.29 is 28.6 Å². The minimum Gasteiger partial charge on any atom is -0.454 e. The third-order valence-corrected chi connectivity index (χ3v) is 6.13. The first-order valence-corrected chi connectivity index (χ1v) is 10.6. The molecule has 0 spiro atoms. The second-order valence-electron chi connectivity index (χ2n) is 7.96. The predicted octanol–water partition coefficient (Wildman–Crippen LogP) is 1.09. The lowest BCUT2D eigenvalue weighted by atomic mass is 9.86. The third-order valence-electron chi connectivity index (χ3n) is 6.13. The molecule has 9 heteroatoms. The summed E-state index contributed by atoms with van der Waals surface area (Å²) in [5.74, 6) is -1.88. The number of benzene rings is 1. The number of fused-ring (bicyclic) bond motifs is 1. The highest BCUT2D eigenvalue weighted by Crippen LogP contribution is 2.39. The van der Waals surface area contributed by atoms with E-state index in [4.69, 9.17) is 14.2 Å². The molecular formula is C23H23N3O6. The van der Waals surface area contributed by atoms with Crippen molar-refractivity contribution in [3.63, 3.8) is 0 Å². The zero-order valence-electron chi connectivity index (χ0n) is 17.4. The summed E-state index contributed by atoms with van der Waals surface area (Å²) >= 11 is 0. The number of rotatable bonds is 6. The van der Waals surface area contributed by atoms with Gasteiger partial charge in [0.05, 0.1) is 19.3 Å². The number of hydrogen-bond donors (Lipinski definition) is 0. The molecular weight excluding hydrogens is 414 g/mol. The third kappa shape index (κ3) is 3.74. The summed E-state index contributed by atoms with van der Waals surface area (Å²) in [5.41, 5.74) is 0.970. The first-order chi connectivity index (χ1) is 15.6. The molecule has 1 aromatic heterocycles. The fourth-order valence-electron chi connectivity index (χ4n) is 4.45. The second kappa shape index (κ2) is 8.68. The molecule has 1 amide bonds. The van der Waals surface area contributed by atoms with E-state index in [9.17, 15) is 14.4 Å². The average molecular weight is 437 g/mol. The van der Waals surface area contributed by atoms with Gasteiger partial charge in [-0.15, -0.1) is 0 Å². The Morgan fingerprint density at radius 3 is 2.66 bits per heavy atom. The highest BCUT2D eigenvalue weighted by Gasteiger charge is 2.51. The SMILES string of the molecule is O=C1C(=O)N(CCN2CCOCC2)C(c2cccnc2)C1C(=O)c1ccc2c(c1)OCO2. The van der Waals surface area contributed by atoms with E-state index >= 15 is 0 Å². The predicted molar refractivity (Wildman–Crippen MR) is 111 cm³/mol. The van der Waals surface area contributed by atoms with Gasteiger partial charge in [-0.05, 0) is 29.8 Å². The van der Waals surface area contributed by atoms with Crippen molar-refractivity contribution in [2.75, 3.05) is 46.2 Å². The Labute approximate surface area is 184 Å². The van der Waals surface area contributed by atoms with Crippen LogP contribution >= 0.6 is 0 Å². The molecule has 3 aliphatic rings. The lowest BCUT2D eigenvalue weighted by Gasteiger charge is -2.31. The maximum atomic E-state index is 13.5. The molecule has 9 nitrogen and oxygen atoms in total. The van der Waals surface area contributed by atoms with Gasteiger partial charge < -0.3 is 19.1 Å². The number of Topliss-reactive ketones (excluding diaryl/α,β-unsaturated/α-hetero) is 2. The zero-order valence-corrected chi connectivity index (χ0v) is 17.4. The highest BCUT2D eigenvalue weighted by atomic mass is 16.7. The van der Waals surface area contributed by atoms with Crippen molar-refractivity contribution in [3.8, 4) is 11.5 Å². The lowest BCUT2D eigenvalue weighted by Crippen LogP contribution is -2.42. The number of pyridine rings is 1. The lowest BCUT2D eigenvalue weighted by molar-refractivity contribution is -0.141. The van der Waals surface area contributed by atoms with E-state index in [2.05, 4.69) is 9.88 Å². The Balaban J connectivity index is 1.45. The standard InChI is InChI=1S/C23H23N3O6/c27-21(15-3-4-17-18(12-15)32-14-31-17)19-20(16-2-1-5-24-13-16)26(23(29)22(19)28)7-6-25-8-10-30-11-9-25/h1-5,12-13,19-20H,6-11,14H2. The van der Waals surface area contributed by atoms with Crippen LogP contribution < -0.4 is 9.47 Å². The summed E-state index contributed by atoms with van der Waals surface area (Å²) in [4.78, 5) is 47.4. The van der Waals surface area contributed by atoms with E-state index in [-0.39, 0.29) is 6.79 Å². The molecule has 1 aromatic carbocycles. The Morgan fingerprint density at radius 2 is 1.88 bits per heavy atom. The minimum atomic E-state index is -1.14. The second-order valence-corrected chi connectivity index (χ2v) is 7.96. The first kappa shape index (κ1) is 20.6. The van der Waals surface area contributed by atoms with E-state index in [0.717, 1.165) is 13.1 Å². The summed E-state index contributed by atoms with van der Waals surface area (Å²) < 4.78 is 16.1. The Bertz CT molecular complexity index is 1040. The summed E-state index contributed by atoms with van der Waals surface area (Å²) in [6.45, 7) is 3.86. The average Bonchev–Trinajstić information content (AvgIpc) is 3.40. The van der Waals surface area contributed by atoms with Crippen LogP contribution in [-0.4, -0.2) is 78.4 Å². The molecule has 2 fully saturated rings. The molecule has 2 unspecified atom stereocenters. The molecule has 5 rings (SSSR count). The van der Waals surface area contributed by atoms with Gasteiger partial charge in [0.25, 0.3) is 5.91 Å². The number of carbonyl (C=O) groups is 3. The van der Waals surface area contributed by atoms with Crippen molar-refractivity contribution in [1.82, 2.24) is 14.8 Å². The van der Waals surface area contributed by atoms with Gasteiger partial charge in [0.1, 0.15) is 5.92 Å². The van der Waals surface area contributed by atoms with Crippen LogP contribution in [0.1, 0.15) is 22.0 Å². The molecule has 2 atom stereocenters. The molecule has 3 aliphatic heterocycles. The molecule has 2 saturated heterocycles. The van der Waals surface area contributed by atoms with E-state index in [0.29, 0.717) is 48.9 Å². The number of ether oxygens (including phenoxy) is 3. The van der Waals surface area contributed by atoms with E-state index in [1.807, 2.05) is 0 Å². The van der Waals surface area contributed by atoms with Crippen molar-refractivity contribution in [2.45, 2.75) is 6.04 Å². The van der Waals surface area contributed by atoms with E-state index in [1.54, 1.807) is 42.7 Å². The van der Waals surface area contributed by atoms with Gasteiger partial charge in [-0.25, -0.2) is 0 Å². The Kier molecular flexibility index (Phi) is 5.59. The number of ketones is 2. The van der Waals surface area contributed by atoms with Gasteiger partial charge >= 0.3 is 0 Å². The fourth-order valence-corrected chi connectivity index (χ4v) is 4.45. The van der Waals surface area contributed by atoms with E-state index in [1.165, 1.54) is 4.90 Å². The summed E-state index contributed by atoms with van der Waals surface area (Å²) in [6.07, 6.45) is 3.23. The number of carbonyl (C=O) groups excluding carboxylic acids is 3. The highest BCUT2D eigenvalue weighted by molar-refractivity contribution is 6.44. The Morgan fingerprint density at radius 1 is 1.06 bits per heavy atom. The largest absolute Gasteiger partial charge is 0.454 e.